The van der Waals surface area contributed by atoms with E-state index in [9.17, 15) is 4.79 Å². The Labute approximate surface area is 125 Å². The highest BCUT2D eigenvalue weighted by molar-refractivity contribution is 5.95. The number of nitrogens with one attached hydrogen (secondary N) is 1. The summed E-state index contributed by atoms with van der Waals surface area (Å²) in [6.07, 6.45) is 0.104. The van der Waals surface area contributed by atoms with Gasteiger partial charge in [-0.2, -0.15) is 0 Å². The number of anilines is 1. The van der Waals surface area contributed by atoms with Gasteiger partial charge in [-0.05, 0) is 31.9 Å². The number of amides is 1. The fraction of sp³-hybridized carbons (Fsp3) is 0.600. The maximum Gasteiger partial charge on any atom is 0.254 e. The molecule has 1 fully saturated rings. The lowest BCUT2D eigenvalue weighted by atomic mass is 10.1. The zero-order valence-corrected chi connectivity index (χ0v) is 13.1. The van der Waals surface area contributed by atoms with Gasteiger partial charge in [-0.1, -0.05) is 13.8 Å². The molecule has 21 heavy (non-hydrogen) atoms. The van der Waals surface area contributed by atoms with Crippen LogP contribution in [0.3, 0.4) is 0 Å². The lowest BCUT2D eigenvalue weighted by Gasteiger charge is -2.35. The van der Waals surface area contributed by atoms with Crippen molar-refractivity contribution in [2.45, 2.75) is 45.8 Å². The summed E-state index contributed by atoms with van der Waals surface area (Å²) < 4.78 is 5.67. The first-order valence-corrected chi connectivity index (χ1v) is 7.34. The molecule has 1 saturated heterocycles. The summed E-state index contributed by atoms with van der Waals surface area (Å²) >= 11 is 0. The van der Waals surface area contributed by atoms with Crippen molar-refractivity contribution in [3.8, 4) is 0 Å². The van der Waals surface area contributed by atoms with Crippen molar-refractivity contribution in [3.63, 3.8) is 0 Å². The van der Waals surface area contributed by atoms with Crippen LogP contribution in [0.1, 0.15) is 49.7 Å². The molecule has 0 bridgehead atoms. The molecule has 116 valence electrons. The summed E-state index contributed by atoms with van der Waals surface area (Å²) in [7, 11) is 0. The average Bonchev–Trinajstić information content (AvgIpc) is 2.44. The molecule has 6 heteroatoms. The molecule has 2 heterocycles. The van der Waals surface area contributed by atoms with Crippen LogP contribution in [-0.2, 0) is 4.74 Å². The number of hydrazine groups is 1. The molecule has 1 aliphatic rings. The third-order valence-corrected chi connectivity index (χ3v) is 3.54. The van der Waals surface area contributed by atoms with Crippen LogP contribution >= 0.6 is 0 Å². The summed E-state index contributed by atoms with van der Waals surface area (Å²) in [4.78, 5) is 18.9. The number of nitrogen functional groups attached to an aromatic ring is 1. The van der Waals surface area contributed by atoms with E-state index in [1.807, 2.05) is 38.7 Å². The standard InChI is InChI=1S/C15H24N4O2/c1-9(2)13-5-12(6-14(17-13)18-16)15(20)19-7-10(3)21-11(4)8-19/h5-6,9-11H,7-8,16H2,1-4H3,(H,17,18). The van der Waals surface area contributed by atoms with Gasteiger partial charge in [0.25, 0.3) is 5.91 Å². The molecule has 0 radical (unpaired) electrons. The first-order valence-electron chi connectivity index (χ1n) is 7.34. The van der Waals surface area contributed by atoms with Crippen LogP contribution in [0.4, 0.5) is 5.82 Å². The highest BCUT2D eigenvalue weighted by Gasteiger charge is 2.27. The molecular formula is C15H24N4O2. The molecule has 3 N–H and O–H groups in total. The van der Waals surface area contributed by atoms with Gasteiger partial charge < -0.3 is 15.1 Å². The number of nitrogens with zero attached hydrogens (tertiary/aromatic N) is 2. The number of morpholine rings is 1. The van der Waals surface area contributed by atoms with Crippen LogP contribution in [-0.4, -0.2) is 41.1 Å². The van der Waals surface area contributed by atoms with E-state index in [1.165, 1.54) is 0 Å². The van der Waals surface area contributed by atoms with Crippen molar-refractivity contribution in [1.82, 2.24) is 9.88 Å². The first-order chi connectivity index (χ1) is 9.90. The number of carbonyl (C=O) groups excluding carboxylic acids is 1. The molecular weight excluding hydrogens is 268 g/mol. The Kier molecular flexibility index (Phi) is 4.80. The normalized spacial score (nSPS) is 22.5. The molecule has 1 aromatic rings. The monoisotopic (exact) mass is 292 g/mol. The average molecular weight is 292 g/mol. The second-order valence-electron chi connectivity index (χ2n) is 5.93. The summed E-state index contributed by atoms with van der Waals surface area (Å²) in [6, 6.07) is 3.54. The SMILES string of the molecule is CC1CN(C(=O)c2cc(NN)nc(C(C)C)c2)CC(C)O1. The van der Waals surface area contributed by atoms with Crippen molar-refractivity contribution < 1.29 is 9.53 Å². The molecule has 6 nitrogen and oxygen atoms in total. The molecule has 0 saturated carbocycles. The third-order valence-electron chi connectivity index (χ3n) is 3.54. The maximum atomic E-state index is 12.7. The van der Waals surface area contributed by atoms with Crippen LogP contribution in [0.25, 0.3) is 0 Å². The maximum absolute atomic E-state index is 12.7. The summed E-state index contributed by atoms with van der Waals surface area (Å²) in [5, 5.41) is 0. The minimum absolute atomic E-state index is 0.00204. The number of aromatic nitrogens is 1. The quantitative estimate of drug-likeness (QED) is 0.655. The summed E-state index contributed by atoms with van der Waals surface area (Å²) in [5.41, 5.74) is 4.00. The number of ether oxygens (including phenoxy) is 1. The van der Waals surface area contributed by atoms with Crippen LogP contribution in [0.2, 0.25) is 0 Å². The summed E-state index contributed by atoms with van der Waals surface area (Å²) in [6.45, 7) is 9.25. The number of hydrogen-bond donors (Lipinski definition) is 2. The zero-order chi connectivity index (χ0) is 15.6. The van der Waals surface area contributed by atoms with E-state index in [-0.39, 0.29) is 24.0 Å². The molecule has 2 unspecified atom stereocenters. The Morgan fingerprint density at radius 2 is 2.00 bits per heavy atom. The van der Waals surface area contributed by atoms with Gasteiger partial charge in [0.05, 0.1) is 12.2 Å². The second-order valence-corrected chi connectivity index (χ2v) is 5.93. The molecule has 2 atom stereocenters. The highest BCUT2D eigenvalue weighted by Crippen LogP contribution is 2.20. The molecule has 0 aromatic carbocycles. The first kappa shape index (κ1) is 15.7. The Hall–Kier alpha value is -1.66. The third kappa shape index (κ3) is 3.71. The molecule has 0 aliphatic carbocycles. The van der Waals surface area contributed by atoms with E-state index in [0.717, 1.165) is 5.69 Å². The van der Waals surface area contributed by atoms with Crippen LogP contribution in [0.15, 0.2) is 12.1 Å². The van der Waals surface area contributed by atoms with Crippen molar-refractivity contribution >= 4 is 11.7 Å². The Morgan fingerprint density at radius 1 is 1.38 bits per heavy atom. The van der Waals surface area contributed by atoms with Gasteiger partial charge in [-0.15, -0.1) is 0 Å². The number of nitrogens with two attached hydrogens (primary N) is 1. The van der Waals surface area contributed by atoms with Gasteiger partial charge in [-0.3, -0.25) is 4.79 Å². The van der Waals surface area contributed by atoms with Gasteiger partial charge >= 0.3 is 0 Å². The molecule has 1 aromatic heterocycles. The fourth-order valence-electron chi connectivity index (χ4n) is 2.57. The number of rotatable bonds is 3. The van der Waals surface area contributed by atoms with Gasteiger partial charge in [0.15, 0.2) is 0 Å². The van der Waals surface area contributed by atoms with Crippen molar-refractivity contribution in [3.05, 3.63) is 23.4 Å². The molecule has 0 spiro atoms. The smallest absolute Gasteiger partial charge is 0.254 e. The van der Waals surface area contributed by atoms with E-state index in [2.05, 4.69) is 10.4 Å². The lowest BCUT2D eigenvalue weighted by molar-refractivity contribution is -0.0586. The van der Waals surface area contributed by atoms with Gasteiger partial charge in [0, 0.05) is 24.3 Å². The van der Waals surface area contributed by atoms with E-state index >= 15 is 0 Å². The fourth-order valence-corrected chi connectivity index (χ4v) is 2.57. The lowest BCUT2D eigenvalue weighted by Crippen LogP contribution is -2.48. The second kappa shape index (κ2) is 6.41. The van der Waals surface area contributed by atoms with Gasteiger partial charge in [0.1, 0.15) is 5.82 Å². The molecule has 1 aliphatic heterocycles. The van der Waals surface area contributed by atoms with E-state index in [0.29, 0.717) is 24.5 Å². The zero-order valence-electron chi connectivity index (χ0n) is 13.1. The predicted octanol–water partition coefficient (Wildman–Crippen LogP) is 1.74. The number of carbonyl (C=O) groups is 1. The summed E-state index contributed by atoms with van der Waals surface area (Å²) in [5.74, 6) is 6.19. The van der Waals surface area contributed by atoms with E-state index in [4.69, 9.17) is 10.6 Å². The minimum atomic E-state index is -0.00204. The van der Waals surface area contributed by atoms with Crippen molar-refractivity contribution in [2.75, 3.05) is 18.5 Å². The van der Waals surface area contributed by atoms with E-state index < -0.39 is 0 Å². The van der Waals surface area contributed by atoms with Crippen LogP contribution < -0.4 is 11.3 Å². The molecule has 2 rings (SSSR count). The Bertz CT molecular complexity index is 508. The Balaban J connectivity index is 2.27. The van der Waals surface area contributed by atoms with Crippen molar-refractivity contribution in [2.24, 2.45) is 5.84 Å². The number of pyridine rings is 1. The minimum Gasteiger partial charge on any atom is -0.372 e. The topological polar surface area (TPSA) is 80.5 Å². The van der Waals surface area contributed by atoms with Crippen LogP contribution in [0, 0.1) is 0 Å². The predicted molar refractivity (Wildman–Crippen MR) is 82.0 cm³/mol. The van der Waals surface area contributed by atoms with Gasteiger partial charge in [0.2, 0.25) is 0 Å². The van der Waals surface area contributed by atoms with Crippen LogP contribution in [0.5, 0.6) is 0 Å². The van der Waals surface area contributed by atoms with Crippen molar-refractivity contribution in [1.29, 1.82) is 0 Å². The van der Waals surface area contributed by atoms with Gasteiger partial charge in [-0.25, -0.2) is 10.8 Å². The highest BCUT2D eigenvalue weighted by atomic mass is 16.5. The largest absolute Gasteiger partial charge is 0.372 e. The number of hydrogen-bond acceptors (Lipinski definition) is 5. The van der Waals surface area contributed by atoms with E-state index in [1.54, 1.807) is 6.07 Å². The Morgan fingerprint density at radius 3 is 2.52 bits per heavy atom. The molecule has 1 amide bonds.